The van der Waals surface area contributed by atoms with Crippen molar-refractivity contribution in [2.75, 3.05) is 18.2 Å². The Kier molecular flexibility index (Phi) is 5.46. The van der Waals surface area contributed by atoms with E-state index in [4.69, 9.17) is 0 Å². The van der Waals surface area contributed by atoms with Crippen molar-refractivity contribution in [1.82, 2.24) is 9.58 Å². The lowest BCUT2D eigenvalue weighted by Crippen LogP contribution is -2.63. The summed E-state index contributed by atoms with van der Waals surface area (Å²) in [6, 6.07) is 28.9. The summed E-state index contributed by atoms with van der Waals surface area (Å²) in [5.74, 6) is -0.552. The molecule has 6 nitrogen and oxygen atoms in total. The average molecular weight is 532 g/mol. The Hall–Kier alpha value is -4.32. The third-order valence-electron chi connectivity index (χ3n) is 9.46. The van der Waals surface area contributed by atoms with Crippen molar-refractivity contribution in [1.29, 1.82) is 0 Å². The summed E-state index contributed by atoms with van der Waals surface area (Å²) in [7, 11) is 0. The molecule has 3 aliphatic rings. The highest BCUT2D eigenvalue weighted by Crippen LogP contribution is 2.56. The van der Waals surface area contributed by atoms with Gasteiger partial charge in [-0.15, -0.1) is 0 Å². The predicted octanol–water partition coefficient (Wildman–Crippen LogP) is 4.95. The number of aromatic hydroxyl groups is 1. The number of hydrogen-bond acceptors (Lipinski definition) is 4. The molecular formula is C34H33N3O3. The summed E-state index contributed by atoms with van der Waals surface area (Å²) in [4.78, 5) is 28.4. The summed E-state index contributed by atoms with van der Waals surface area (Å²) in [5.41, 5.74) is 5.09. The van der Waals surface area contributed by atoms with Gasteiger partial charge in [-0.25, -0.2) is 0 Å². The third kappa shape index (κ3) is 3.41. The Morgan fingerprint density at radius 1 is 0.850 bits per heavy atom. The Balaban J connectivity index is 1.38. The highest BCUT2D eigenvalue weighted by molar-refractivity contribution is 5.96. The number of fused-ring (bicyclic) bond motifs is 6. The van der Waals surface area contributed by atoms with Crippen LogP contribution in [0.15, 0.2) is 95.9 Å². The Morgan fingerprint density at radius 3 is 2.10 bits per heavy atom. The van der Waals surface area contributed by atoms with Gasteiger partial charge >= 0.3 is 0 Å². The minimum Gasteiger partial charge on any atom is -0.502 e. The van der Waals surface area contributed by atoms with Crippen LogP contribution in [-0.2, 0) is 23.8 Å². The minimum atomic E-state index is -0.543. The Bertz CT molecular complexity index is 1640. The summed E-state index contributed by atoms with van der Waals surface area (Å²) >= 11 is 0. The Morgan fingerprint density at radius 2 is 1.45 bits per heavy atom. The average Bonchev–Trinajstić information content (AvgIpc) is 3.46. The van der Waals surface area contributed by atoms with Crippen molar-refractivity contribution >= 4 is 5.91 Å². The summed E-state index contributed by atoms with van der Waals surface area (Å²) in [5, 5.41) is 13.3. The SMILES string of the molecule is CC(C)(CCN1CN(C23c4ccccc4CC2Cc2ccccc23)n2ccc(=O)c(O)c2C1=O)c1ccccc1. The van der Waals surface area contributed by atoms with Gasteiger partial charge in [-0.3, -0.25) is 19.3 Å². The zero-order valence-corrected chi connectivity index (χ0v) is 22.9. The number of amides is 1. The van der Waals surface area contributed by atoms with E-state index < -0.39 is 16.7 Å². The smallest absolute Gasteiger partial charge is 0.277 e. The predicted molar refractivity (Wildman–Crippen MR) is 155 cm³/mol. The van der Waals surface area contributed by atoms with Crippen molar-refractivity contribution in [2.45, 2.75) is 44.1 Å². The monoisotopic (exact) mass is 531 g/mol. The van der Waals surface area contributed by atoms with E-state index in [-0.39, 0.29) is 22.9 Å². The first-order valence-electron chi connectivity index (χ1n) is 14.1. The van der Waals surface area contributed by atoms with E-state index in [1.165, 1.54) is 33.9 Å². The van der Waals surface area contributed by atoms with E-state index in [0.717, 1.165) is 19.3 Å². The van der Waals surface area contributed by atoms with Crippen molar-refractivity contribution < 1.29 is 9.90 Å². The largest absolute Gasteiger partial charge is 0.502 e. The van der Waals surface area contributed by atoms with Crippen LogP contribution in [0.2, 0.25) is 0 Å². The van der Waals surface area contributed by atoms with Crippen molar-refractivity contribution in [2.24, 2.45) is 5.92 Å². The van der Waals surface area contributed by atoms with Crippen molar-refractivity contribution in [3.63, 3.8) is 0 Å². The second-order valence-electron chi connectivity index (χ2n) is 12.0. The first-order chi connectivity index (χ1) is 19.3. The fourth-order valence-electron chi connectivity index (χ4n) is 7.38. The molecule has 0 atom stereocenters. The molecule has 3 aromatic carbocycles. The summed E-state index contributed by atoms with van der Waals surface area (Å²) in [6.07, 6.45) is 4.25. The van der Waals surface area contributed by atoms with Gasteiger partial charge < -0.3 is 10.0 Å². The number of rotatable bonds is 5. The number of benzene rings is 3. The first-order valence-corrected chi connectivity index (χ1v) is 14.1. The zero-order valence-electron chi connectivity index (χ0n) is 22.9. The lowest BCUT2D eigenvalue weighted by molar-refractivity contribution is 0.0633. The van der Waals surface area contributed by atoms with E-state index in [1.54, 1.807) is 10.9 Å². The molecule has 0 saturated carbocycles. The number of pyridine rings is 1. The maximum Gasteiger partial charge on any atom is 0.277 e. The molecule has 0 radical (unpaired) electrons. The van der Waals surface area contributed by atoms with E-state index in [0.29, 0.717) is 13.2 Å². The molecule has 2 aliphatic carbocycles. The van der Waals surface area contributed by atoms with Crippen LogP contribution < -0.4 is 10.4 Å². The zero-order chi connectivity index (χ0) is 27.6. The van der Waals surface area contributed by atoms with E-state index >= 15 is 0 Å². The highest BCUT2D eigenvalue weighted by Gasteiger charge is 2.58. The van der Waals surface area contributed by atoms with E-state index in [2.05, 4.69) is 79.5 Å². The van der Waals surface area contributed by atoms with Crippen LogP contribution in [0.3, 0.4) is 0 Å². The highest BCUT2D eigenvalue weighted by atomic mass is 16.3. The quantitative estimate of drug-likeness (QED) is 0.396. The van der Waals surface area contributed by atoms with Crippen LogP contribution in [-0.4, -0.2) is 33.8 Å². The fraction of sp³-hybridized carbons (Fsp3) is 0.294. The Labute approximate surface area is 234 Å². The standard InChI is InChI=1S/C34H33N3O3/c1-33(2,25-12-4-3-5-13-25)17-19-35-22-37(36-18-16-29(38)31(39)30(36)32(35)40)34-26(20-23-10-6-8-14-27(23)34)21-24-11-7-9-15-28(24)34/h3-16,18,26,39H,17,19-22H2,1-2H3. The molecule has 1 aromatic heterocycles. The molecule has 202 valence electrons. The van der Waals surface area contributed by atoms with Crippen LogP contribution in [0.1, 0.15) is 58.6 Å². The number of hydrogen-bond donors (Lipinski definition) is 1. The van der Waals surface area contributed by atoms with E-state index in [1.807, 2.05) is 23.1 Å². The molecule has 0 spiro atoms. The molecule has 2 heterocycles. The maximum atomic E-state index is 14.0. The van der Waals surface area contributed by atoms with Gasteiger partial charge in [0.25, 0.3) is 5.91 Å². The van der Waals surface area contributed by atoms with Gasteiger partial charge in [-0.2, -0.15) is 0 Å². The van der Waals surface area contributed by atoms with Gasteiger partial charge in [0, 0.05) is 24.7 Å². The summed E-state index contributed by atoms with van der Waals surface area (Å²) < 4.78 is 1.76. The second-order valence-corrected chi connectivity index (χ2v) is 12.0. The molecule has 40 heavy (non-hydrogen) atoms. The van der Waals surface area contributed by atoms with Crippen LogP contribution in [0.4, 0.5) is 0 Å². The van der Waals surface area contributed by atoms with Crippen LogP contribution >= 0.6 is 0 Å². The molecule has 0 fully saturated rings. The van der Waals surface area contributed by atoms with E-state index in [9.17, 15) is 14.7 Å². The third-order valence-corrected chi connectivity index (χ3v) is 9.46. The number of nitrogens with zero attached hydrogens (tertiary/aromatic N) is 3. The molecule has 7 rings (SSSR count). The second kappa shape index (κ2) is 8.85. The number of carbonyl (C=O) groups is 1. The fourth-order valence-corrected chi connectivity index (χ4v) is 7.38. The maximum absolute atomic E-state index is 14.0. The van der Waals surface area contributed by atoms with Crippen LogP contribution in [0, 0.1) is 5.92 Å². The molecular weight excluding hydrogens is 498 g/mol. The molecule has 0 unspecified atom stereocenters. The molecule has 1 N–H and O–H groups in total. The molecule has 1 amide bonds. The number of carbonyl (C=O) groups excluding carboxylic acids is 1. The van der Waals surface area contributed by atoms with Crippen molar-refractivity contribution in [3.05, 3.63) is 135 Å². The van der Waals surface area contributed by atoms with Gasteiger partial charge in [0.05, 0.1) is 0 Å². The van der Waals surface area contributed by atoms with Crippen LogP contribution in [0.5, 0.6) is 5.75 Å². The van der Waals surface area contributed by atoms with Gasteiger partial charge in [-0.1, -0.05) is 92.7 Å². The summed E-state index contributed by atoms with van der Waals surface area (Å²) in [6.45, 7) is 5.22. The van der Waals surface area contributed by atoms with Gasteiger partial charge in [0.15, 0.2) is 11.4 Å². The lowest BCUT2D eigenvalue weighted by Gasteiger charge is -2.51. The molecule has 4 aromatic rings. The van der Waals surface area contributed by atoms with Gasteiger partial charge in [0.1, 0.15) is 12.2 Å². The van der Waals surface area contributed by atoms with Gasteiger partial charge in [0.2, 0.25) is 5.43 Å². The van der Waals surface area contributed by atoms with Gasteiger partial charge in [-0.05, 0) is 52.5 Å². The van der Waals surface area contributed by atoms with Crippen molar-refractivity contribution in [3.8, 4) is 5.75 Å². The lowest BCUT2D eigenvalue weighted by atomic mass is 9.81. The first kappa shape index (κ1) is 24.7. The topological polar surface area (TPSA) is 65.8 Å². The van der Waals surface area contributed by atoms with Crippen LogP contribution in [0.25, 0.3) is 0 Å². The molecule has 1 aliphatic heterocycles. The normalized spacial score (nSPS) is 21.1. The minimum absolute atomic E-state index is 0.0400. The number of aromatic nitrogens is 1. The molecule has 0 saturated heterocycles. The molecule has 6 heteroatoms. The molecule has 0 bridgehead atoms.